The van der Waals surface area contributed by atoms with Crippen LogP contribution >= 0.6 is 31.9 Å². The van der Waals surface area contributed by atoms with Gasteiger partial charge in [-0.15, -0.1) is 4.73 Å². The summed E-state index contributed by atoms with van der Waals surface area (Å²) in [5.74, 6) is -3.15. The number of amides is 3. The molecule has 0 aliphatic rings. The van der Waals surface area contributed by atoms with Crippen molar-refractivity contribution in [3.8, 4) is 11.8 Å². The second kappa shape index (κ2) is 13.5. The van der Waals surface area contributed by atoms with Gasteiger partial charge < -0.3 is 35.7 Å². The third-order valence-electron chi connectivity index (χ3n) is 5.11. The van der Waals surface area contributed by atoms with Gasteiger partial charge in [0.2, 0.25) is 29.5 Å². The Labute approximate surface area is 233 Å². The lowest BCUT2D eigenvalue weighted by Crippen LogP contribution is -2.57. The third-order valence-corrected chi connectivity index (χ3v) is 5.83. The summed E-state index contributed by atoms with van der Waals surface area (Å²) in [6.45, 7) is 9.30. The Morgan fingerprint density at radius 2 is 1.32 bits per heavy atom. The van der Waals surface area contributed by atoms with Gasteiger partial charge in [-0.25, -0.2) is 4.79 Å². The first-order valence-corrected chi connectivity index (χ1v) is 13.1. The Kier molecular flexibility index (Phi) is 11.9. The topological polar surface area (TPSA) is 168 Å². The average Bonchev–Trinajstić information content (AvgIpc) is 3.09. The highest BCUT2D eigenvalue weighted by Crippen LogP contribution is 2.22. The van der Waals surface area contributed by atoms with Gasteiger partial charge in [-0.3, -0.25) is 14.4 Å². The fourth-order valence-corrected chi connectivity index (χ4v) is 3.03. The number of hydrogen-bond donors (Lipinski definition) is 5. The lowest BCUT2D eigenvalue weighted by molar-refractivity contribution is -0.152. The molecule has 37 heavy (non-hydrogen) atoms. The monoisotopic (exact) mass is 654 g/mol. The van der Waals surface area contributed by atoms with Gasteiger partial charge >= 0.3 is 5.97 Å². The number of hydrogen-bond acceptors (Lipinski definition) is 8. The SMILES string of the molecule is CC(C)C(=O)NCC(CNC(=O)C(C)(C)Br)(CNC(=O)C(C)(C)Br)COCC(=O)On1c(O)ccc1O. The summed E-state index contributed by atoms with van der Waals surface area (Å²) in [4.78, 5) is 54.6. The van der Waals surface area contributed by atoms with E-state index in [4.69, 9.17) is 9.57 Å². The van der Waals surface area contributed by atoms with E-state index in [9.17, 15) is 29.4 Å². The predicted octanol–water partition coefficient (Wildman–Crippen LogP) is 1.21. The molecule has 0 saturated carbocycles. The van der Waals surface area contributed by atoms with Gasteiger partial charge in [-0.2, -0.15) is 0 Å². The minimum atomic E-state index is -1.07. The second-order valence-corrected chi connectivity index (χ2v) is 13.9. The summed E-state index contributed by atoms with van der Waals surface area (Å²) in [6, 6.07) is 2.27. The van der Waals surface area contributed by atoms with Crippen LogP contribution in [0, 0.1) is 11.3 Å². The summed E-state index contributed by atoms with van der Waals surface area (Å²) in [5.41, 5.74) is -1.07. The zero-order valence-electron chi connectivity index (χ0n) is 21.8. The van der Waals surface area contributed by atoms with Gasteiger partial charge in [0.05, 0.1) is 15.3 Å². The number of rotatable bonds is 14. The van der Waals surface area contributed by atoms with Crippen LogP contribution in [0.25, 0.3) is 0 Å². The lowest BCUT2D eigenvalue weighted by atomic mass is 9.87. The quantitative estimate of drug-likeness (QED) is 0.186. The highest BCUT2D eigenvalue weighted by atomic mass is 79.9. The Bertz CT molecular complexity index is 917. The van der Waals surface area contributed by atoms with Gasteiger partial charge in [0.1, 0.15) is 6.61 Å². The van der Waals surface area contributed by atoms with Crippen LogP contribution in [-0.2, 0) is 23.9 Å². The molecule has 1 heterocycles. The summed E-state index contributed by atoms with van der Waals surface area (Å²) in [5, 5.41) is 27.7. The predicted molar refractivity (Wildman–Crippen MR) is 142 cm³/mol. The molecule has 14 heteroatoms. The van der Waals surface area contributed by atoms with Crippen molar-refractivity contribution in [3.63, 3.8) is 0 Å². The van der Waals surface area contributed by atoms with Crippen LogP contribution in [0.1, 0.15) is 41.5 Å². The molecule has 0 aliphatic carbocycles. The van der Waals surface area contributed by atoms with Crippen LogP contribution in [0.2, 0.25) is 0 Å². The standard InChI is InChI=1S/C23H36Br2N4O8/c1-14(2)18(33)26-10-23(11-27-19(34)21(3,4)24,12-28-20(35)22(5,6)25)13-36-9-17(32)37-29-15(30)7-8-16(29)31/h7-8,14,30-31H,9-13H2,1-6H3,(H,26,33)(H,27,34)(H,28,35). The van der Waals surface area contributed by atoms with Crippen LogP contribution in [0.4, 0.5) is 0 Å². The molecule has 0 aliphatic heterocycles. The van der Waals surface area contributed by atoms with Crippen molar-refractivity contribution < 1.29 is 39.0 Å². The van der Waals surface area contributed by atoms with Gasteiger partial charge in [-0.05, 0) is 27.7 Å². The van der Waals surface area contributed by atoms with Crippen LogP contribution in [0.3, 0.4) is 0 Å². The van der Waals surface area contributed by atoms with Crippen molar-refractivity contribution in [2.24, 2.45) is 11.3 Å². The van der Waals surface area contributed by atoms with E-state index in [1.165, 1.54) is 0 Å². The van der Waals surface area contributed by atoms with Gasteiger partial charge in [0, 0.05) is 43.1 Å². The zero-order chi connectivity index (χ0) is 28.6. The number of nitrogens with zero attached hydrogens (tertiary/aromatic N) is 1. The van der Waals surface area contributed by atoms with Crippen molar-refractivity contribution >= 4 is 55.6 Å². The molecule has 0 saturated heterocycles. The van der Waals surface area contributed by atoms with Crippen LogP contribution in [0.5, 0.6) is 11.8 Å². The second-order valence-electron chi connectivity index (χ2n) is 9.98. The minimum absolute atomic E-state index is 0.00419. The van der Waals surface area contributed by atoms with E-state index in [0.717, 1.165) is 12.1 Å². The largest absolute Gasteiger partial charge is 0.492 e. The molecule has 0 spiro atoms. The van der Waals surface area contributed by atoms with E-state index in [-0.39, 0.29) is 49.9 Å². The molecule has 5 N–H and O–H groups in total. The number of carbonyl (C=O) groups excluding carboxylic acids is 4. The normalized spacial score (nSPS) is 12.2. The van der Waals surface area contributed by atoms with Crippen molar-refractivity contribution in [2.75, 3.05) is 32.8 Å². The molecule has 1 rings (SSSR count). The number of nitrogens with one attached hydrogen (secondary N) is 3. The summed E-state index contributed by atoms with van der Waals surface area (Å²) in [7, 11) is 0. The van der Waals surface area contributed by atoms with Crippen molar-refractivity contribution in [1.29, 1.82) is 0 Å². The fraction of sp³-hybridized carbons (Fsp3) is 0.652. The first kappa shape index (κ1) is 32.7. The first-order chi connectivity index (χ1) is 16.9. The van der Waals surface area contributed by atoms with Gasteiger partial charge in [0.15, 0.2) is 0 Å². The molecule has 0 fully saturated rings. The number of alkyl halides is 2. The zero-order valence-corrected chi connectivity index (χ0v) is 25.0. The van der Waals surface area contributed by atoms with Crippen molar-refractivity contribution in [2.45, 2.75) is 50.2 Å². The Balaban J connectivity index is 3.10. The van der Waals surface area contributed by atoms with Crippen LogP contribution in [-0.4, -0.2) is 80.1 Å². The lowest BCUT2D eigenvalue weighted by Gasteiger charge is -2.35. The van der Waals surface area contributed by atoms with Gasteiger partial charge in [-0.1, -0.05) is 45.7 Å². The maximum atomic E-state index is 12.6. The molecule has 0 aromatic carbocycles. The number of carbonyl (C=O) groups is 4. The smallest absolute Gasteiger partial charge is 0.358 e. The molecule has 1 aromatic heterocycles. The molecule has 0 unspecified atom stereocenters. The van der Waals surface area contributed by atoms with E-state index in [1.54, 1.807) is 41.5 Å². The first-order valence-electron chi connectivity index (χ1n) is 11.5. The molecule has 1 aromatic rings. The number of aromatic nitrogens is 1. The molecular formula is C23H36Br2N4O8. The minimum Gasteiger partial charge on any atom is -0.492 e. The van der Waals surface area contributed by atoms with E-state index >= 15 is 0 Å². The van der Waals surface area contributed by atoms with E-state index < -0.39 is 38.4 Å². The molecule has 0 radical (unpaired) electrons. The maximum absolute atomic E-state index is 12.6. The third kappa shape index (κ3) is 10.9. The molecule has 0 bridgehead atoms. The highest BCUT2D eigenvalue weighted by molar-refractivity contribution is 9.10. The fourth-order valence-electron chi connectivity index (χ4n) is 2.75. The highest BCUT2D eigenvalue weighted by Gasteiger charge is 2.36. The van der Waals surface area contributed by atoms with E-state index in [2.05, 4.69) is 47.8 Å². The summed E-state index contributed by atoms with van der Waals surface area (Å²) in [6.07, 6.45) is 0. The number of ether oxygens (including phenoxy) is 1. The van der Waals surface area contributed by atoms with Crippen LogP contribution < -0.4 is 20.8 Å². The Morgan fingerprint density at radius 1 is 0.892 bits per heavy atom. The summed E-state index contributed by atoms with van der Waals surface area (Å²) >= 11 is 6.60. The van der Waals surface area contributed by atoms with E-state index in [1.807, 2.05) is 0 Å². The Morgan fingerprint density at radius 3 is 1.73 bits per heavy atom. The average molecular weight is 656 g/mol. The van der Waals surface area contributed by atoms with Crippen molar-refractivity contribution in [1.82, 2.24) is 20.7 Å². The van der Waals surface area contributed by atoms with Gasteiger partial charge in [0.25, 0.3) is 0 Å². The Hall–Kier alpha value is -2.32. The molecule has 0 atom stereocenters. The van der Waals surface area contributed by atoms with E-state index in [0.29, 0.717) is 4.73 Å². The number of halogens is 2. The maximum Gasteiger partial charge on any atom is 0.358 e. The molecule has 3 amide bonds. The molecular weight excluding hydrogens is 620 g/mol. The van der Waals surface area contributed by atoms with Crippen LogP contribution in [0.15, 0.2) is 12.1 Å². The number of aromatic hydroxyl groups is 2. The van der Waals surface area contributed by atoms with Crippen molar-refractivity contribution in [3.05, 3.63) is 12.1 Å². The molecule has 210 valence electrons. The molecule has 12 nitrogen and oxygen atoms in total. The summed E-state index contributed by atoms with van der Waals surface area (Å²) < 4.78 is 4.35.